The van der Waals surface area contributed by atoms with Crippen LogP contribution in [0.25, 0.3) is 0 Å². The molecule has 1 aliphatic heterocycles. The number of hydrogen-bond donors (Lipinski definition) is 1. The molecule has 1 aliphatic rings. The third-order valence-electron chi connectivity index (χ3n) is 3.58. The number of nitrogens with one attached hydrogen (secondary N) is 1. The van der Waals surface area contributed by atoms with Gasteiger partial charge in [-0.05, 0) is 51.0 Å². The largest absolute Gasteiger partial charge is 0.303 e. The molecule has 0 atom stereocenters. The number of nitrogens with zero attached hydrogens (tertiary/aromatic N) is 1. The highest BCUT2D eigenvalue weighted by Gasteiger charge is 2.25. The second-order valence-electron chi connectivity index (χ2n) is 5.17. The maximum Gasteiger partial charge on any atom is 0.243 e. The smallest absolute Gasteiger partial charge is 0.243 e. The van der Waals surface area contributed by atoms with Crippen molar-refractivity contribution in [3.63, 3.8) is 0 Å². The third kappa shape index (κ3) is 3.77. The van der Waals surface area contributed by atoms with Crippen LogP contribution in [0.5, 0.6) is 0 Å². The van der Waals surface area contributed by atoms with E-state index in [9.17, 15) is 12.8 Å². The van der Waals surface area contributed by atoms with Crippen molar-refractivity contribution < 1.29 is 12.8 Å². The minimum atomic E-state index is -3.76. The normalized spacial score (nSPS) is 18.3. The summed E-state index contributed by atoms with van der Waals surface area (Å²) in [6.45, 7) is 4.95. The first-order chi connectivity index (χ1) is 9.53. The van der Waals surface area contributed by atoms with Gasteiger partial charge in [-0.15, -0.1) is 0 Å². The number of piperidine rings is 1. The predicted octanol–water partition coefficient (Wildman–Crippen LogP) is 1.98. The fourth-order valence-corrected chi connectivity index (χ4v) is 3.92. The van der Waals surface area contributed by atoms with Gasteiger partial charge in [0.25, 0.3) is 0 Å². The van der Waals surface area contributed by atoms with Gasteiger partial charge in [-0.1, -0.05) is 19.1 Å². The summed E-state index contributed by atoms with van der Waals surface area (Å²) in [6, 6.07) is 5.37. The van der Waals surface area contributed by atoms with Gasteiger partial charge in [-0.3, -0.25) is 0 Å². The molecule has 1 saturated heterocycles. The summed E-state index contributed by atoms with van der Waals surface area (Å²) in [5, 5.41) is 0. The molecular formula is C14H21FN2O2S. The van der Waals surface area contributed by atoms with Gasteiger partial charge in [-0.2, -0.15) is 0 Å². The molecule has 0 aromatic heterocycles. The molecule has 1 fully saturated rings. The Bertz CT molecular complexity index is 540. The first-order valence-electron chi connectivity index (χ1n) is 7.02. The van der Waals surface area contributed by atoms with Crippen molar-refractivity contribution in [1.82, 2.24) is 9.62 Å². The first kappa shape index (κ1) is 15.4. The summed E-state index contributed by atoms with van der Waals surface area (Å²) in [5.74, 6) is -0.705. The lowest BCUT2D eigenvalue weighted by Crippen LogP contribution is -2.44. The zero-order valence-electron chi connectivity index (χ0n) is 11.7. The third-order valence-corrected chi connectivity index (χ3v) is 5.13. The number of likely N-dealkylation sites (tertiary alicyclic amines) is 1. The standard InChI is InChI=1S/C14H21FN2O2S/c1-2-9-17-10-7-12(8-11-17)16-20(18,19)14-6-4-3-5-13(14)15/h3-6,12,16H,2,7-11H2,1H3. The van der Waals surface area contributed by atoms with Crippen molar-refractivity contribution in [3.05, 3.63) is 30.1 Å². The average Bonchev–Trinajstić information content (AvgIpc) is 2.41. The Hall–Kier alpha value is -0.980. The molecule has 0 spiro atoms. The maximum absolute atomic E-state index is 13.6. The van der Waals surface area contributed by atoms with Crippen LogP contribution < -0.4 is 4.72 Å². The van der Waals surface area contributed by atoms with E-state index in [1.807, 2.05) is 0 Å². The van der Waals surface area contributed by atoms with Crippen LogP contribution in [0.3, 0.4) is 0 Å². The van der Waals surface area contributed by atoms with E-state index in [0.29, 0.717) is 0 Å². The summed E-state index contributed by atoms with van der Waals surface area (Å²) >= 11 is 0. The molecule has 0 saturated carbocycles. The van der Waals surface area contributed by atoms with Crippen LogP contribution in [-0.4, -0.2) is 39.0 Å². The van der Waals surface area contributed by atoms with Crippen molar-refractivity contribution in [3.8, 4) is 0 Å². The number of sulfonamides is 1. The molecule has 0 amide bonds. The van der Waals surface area contributed by atoms with Gasteiger partial charge < -0.3 is 4.90 Å². The van der Waals surface area contributed by atoms with Crippen molar-refractivity contribution in [2.45, 2.75) is 37.1 Å². The zero-order chi connectivity index (χ0) is 14.6. The molecular weight excluding hydrogens is 279 g/mol. The molecule has 4 nitrogen and oxygen atoms in total. The van der Waals surface area contributed by atoms with Gasteiger partial charge in [0.15, 0.2) is 0 Å². The van der Waals surface area contributed by atoms with E-state index in [2.05, 4.69) is 16.5 Å². The van der Waals surface area contributed by atoms with Crippen LogP contribution in [0.4, 0.5) is 4.39 Å². The topological polar surface area (TPSA) is 49.4 Å². The van der Waals surface area contributed by atoms with E-state index in [-0.39, 0.29) is 10.9 Å². The second-order valence-corrected chi connectivity index (χ2v) is 6.85. The van der Waals surface area contributed by atoms with E-state index in [1.165, 1.54) is 24.3 Å². The highest BCUT2D eigenvalue weighted by molar-refractivity contribution is 7.89. The molecule has 0 aliphatic carbocycles. The monoisotopic (exact) mass is 300 g/mol. The predicted molar refractivity (Wildman–Crippen MR) is 76.5 cm³/mol. The SMILES string of the molecule is CCCN1CCC(NS(=O)(=O)c2ccccc2F)CC1. The second kappa shape index (κ2) is 6.65. The van der Waals surface area contributed by atoms with Gasteiger partial charge >= 0.3 is 0 Å². The minimum Gasteiger partial charge on any atom is -0.303 e. The quantitative estimate of drug-likeness (QED) is 0.904. The van der Waals surface area contributed by atoms with Crippen LogP contribution in [-0.2, 0) is 10.0 Å². The van der Waals surface area contributed by atoms with Crippen molar-refractivity contribution in [2.75, 3.05) is 19.6 Å². The molecule has 20 heavy (non-hydrogen) atoms. The van der Waals surface area contributed by atoms with Crippen LogP contribution in [0, 0.1) is 5.82 Å². The molecule has 6 heteroatoms. The summed E-state index contributed by atoms with van der Waals surface area (Å²) in [6.07, 6.45) is 2.65. The summed E-state index contributed by atoms with van der Waals surface area (Å²) in [4.78, 5) is 2.06. The fraction of sp³-hybridized carbons (Fsp3) is 0.571. The van der Waals surface area contributed by atoms with Crippen molar-refractivity contribution >= 4 is 10.0 Å². The highest BCUT2D eigenvalue weighted by atomic mass is 32.2. The van der Waals surface area contributed by atoms with Gasteiger partial charge in [0.1, 0.15) is 10.7 Å². The molecule has 1 N–H and O–H groups in total. The molecule has 1 heterocycles. The Morgan fingerprint density at radius 2 is 1.95 bits per heavy atom. The number of hydrogen-bond acceptors (Lipinski definition) is 3. The van der Waals surface area contributed by atoms with Crippen LogP contribution in [0.15, 0.2) is 29.2 Å². The number of rotatable bonds is 5. The Morgan fingerprint density at radius 3 is 2.55 bits per heavy atom. The zero-order valence-corrected chi connectivity index (χ0v) is 12.5. The van der Waals surface area contributed by atoms with Gasteiger partial charge in [-0.25, -0.2) is 17.5 Å². The molecule has 0 bridgehead atoms. The summed E-state index contributed by atoms with van der Waals surface area (Å²) in [7, 11) is -3.76. The molecule has 0 unspecified atom stereocenters. The van der Waals surface area contributed by atoms with E-state index < -0.39 is 15.8 Å². The number of halogens is 1. The highest BCUT2D eigenvalue weighted by Crippen LogP contribution is 2.17. The summed E-state index contributed by atoms with van der Waals surface area (Å²) < 4.78 is 40.5. The van der Waals surface area contributed by atoms with Gasteiger partial charge in [0.05, 0.1) is 0 Å². The molecule has 1 aromatic rings. The Morgan fingerprint density at radius 1 is 1.30 bits per heavy atom. The van der Waals surface area contributed by atoms with Crippen molar-refractivity contribution in [2.24, 2.45) is 0 Å². The van der Waals surface area contributed by atoms with E-state index in [4.69, 9.17) is 0 Å². The van der Waals surface area contributed by atoms with E-state index in [1.54, 1.807) is 0 Å². The van der Waals surface area contributed by atoms with Crippen LogP contribution in [0.2, 0.25) is 0 Å². The Kier molecular flexibility index (Phi) is 5.12. The molecule has 1 aromatic carbocycles. The van der Waals surface area contributed by atoms with E-state index >= 15 is 0 Å². The summed E-state index contributed by atoms with van der Waals surface area (Å²) in [5.41, 5.74) is 0. The minimum absolute atomic E-state index is 0.104. The van der Waals surface area contributed by atoms with Crippen molar-refractivity contribution in [1.29, 1.82) is 0 Å². The number of benzene rings is 1. The fourth-order valence-electron chi connectivity index (χ4n) is 2.54. The molecule has 2 rings (SSSR count). The average molecular weight is 300 g/mol. The van der Waals surface area contributed by atoms with Gasteiger partial charge in [0.2, 0.25) is 10.0 Å². The lowest BCUT2D eigenvalue weighted by molar-refractivity contribution is 0.208. The Balaban J connectivity index is 1.99. The maximum atomic E-state index is 13.6. The van der Waals surface area contributed by atoms with Crippen LogP contribution >= 0.6 is 0 Å². The first-order valence-corrected chi connectivity index (χ1v) is 8.50. The van der Waals surface area contributed by atoms with E-state index in [0.717, 1.165) is 38.9 Å². The lowest BCUT2D eigenvalue weighted by Gasteiger charge is -2.31. The molecule has 0 radical (unpaired) electrons. The van der Waals surface area contributed by atoms with Crippen LogP contribution in [0.1, 0.15) is 26.2 Å². The van der Waals surface area contributed by atoms with Gasteiger partial charge in [0, 0.05) is 6.04 Å². The Labute approximate surface area is 120 Å². The lowest BCUT2D eigenvalue weighted by atomic mass is 10.1. The molecule has 112 valence electrons.